The Morgan fingerprint density at radius 3 is 2.77 bits per heavy atom. The van der Waals surface area contributed by atoms with Gasteiger partial charge in [0.15, 0.2) is 6.54 Å². The average molecular weight is 315 g/mol. The maximum absolute atomic E-state index is 12.4. The summed E-state index contributed by atoms with van der Waals surface area (Å²) in [6.07, 6.45) is 1.09. The van der Waals surface area contributed by atoms with Crippen molar-refractivity contribution in [1.29, 1.82) is 0 Å². The molecule has 0 fully saturated rings. The van der Waals surface area contributed by atoms with Crippen LogP contribution in [-0.2, 0) is 11.2 Å². The van der Waals surface area contributed by atoms with Crippen LogP contribution < -0.4 is 10.2 Å². The third-order valence-corrected chi connectivity index (χ3v) is 5.42. The molecule has 22 heavy (non-hydrogen) atoms. The molecule has 1 aromatic carbocycles. The molecular weight excluding hydrogens is 292 g/mol. The highest BCUT2D eigenvalue weighted by atomic mass is 32.1. The zero-order valence-electron chi connectivity index (χ0n) is 13.4. The fourth-order valence-electron chi connectivity index (χ4n) is 3.35. The molecule has 0 spiro atoms. The summed E-state index contributed by atoms with van der Waals surface area (Å²) in [4.78, 5) is 15.2. The molecule has 1 unspecified atom stereocenters. The standard InChI is InChI=1S/C18H22N2OS/c1-12-8-13(2)10-15(9-12)19-18(21)11-20-6-4-17-16(14(20)3)5-7-22-17/h5,7-10,14H,4,6,11H2,1-3H3,(H,19,21)/p+1/t14-/m0/s1. The molecular formula is C18H23N2OS+. The summed E-state index contributed by atoms with van der Waals surface area (Å²) in [5, 5.41) is 5.22. The molecule has 0 bridgehead atoms. The number of carbonyl (C=O) groups is 1. The number of nitrogens with one attached hydrogen (secondary N) is 2. The molecule has 1 aromatic heterocycles. The molecule has 1 amide bonds. The largest absolute Gasteiger partial charge is 0.321 e. The lowest BCUT2D eigenvalue weighted by atomic mass is 10.0. The van der Waals surface area contributed by atoms with Crippen molar-refractivity contribution in [1.82, 2.24) is 0 Å². The summed E-state index contributed by atoms with van der Waals surface area (Å²) in [6, 6.07) is 8.78. The number of anilines is 1. The van der Waals surface area contributed by atoms with Crippen molar-refractivity contribution >= 4 is 22.9 Å². The van der Waals surface area contributed by atoms with Crippen molar-refractivity contribution in [3.63, 3.8) is 0 Å². The molecule has 0 aliphatic carbocycles. The van der Waals surface area contributed by atoms with Crippen molar-refractivity contribution in [3.05, 3.63) is 51.2 Å². The number of amides is 1. The van der Waals surface area contributed by atoms with Gasteiger partial charge in [0.05, 0.1) is 6.54 Å². The van der Waals surface area contributed by atoms with Crippen LogP contribution in [0.5, 0.6) is 0 Å². The maximum Gasteiger partial charge on any atom is 0.279 e. The number of hydrogen-bond acceptors (Lipinski definition) is 2. The van der Waals surface area contributed by atoms with E-state index in [9.17, 15) is 4.79 Å². The van der Waals surface area contributed by atoms with E-state index in [1.54, 1.807) is 0 Å². The summed E-state index contributed by atoms with van der Waals surface area (Å²) < 4.78 is 0. The van der Waals surface area contributed by atoms with E-state index in [1.165, 1.54) is 26.5 Å². The summed E-state index contributed by atoms with van der Waals surface area (Å²) in [5.74, 6) is 0.102. The minimum atomic E-state index is 0.102. The van der Waals surface area contributed by atoms with Gasteiger partial charge in [-0.1, -0.05) is 6.07 Å². The number of quaternary nitrogens is 1. The first-order valence-electron chi connectivity index (χ1n) is 7.82. The van der Waals surface area contributed by atoms with Crippen LogP contribution in [-0.4, -0.2) is 19.0 Å². The highest BCUT2D eigenvalue weighted by Crippen LogP contribution is 2.24. The maximum atomic E-state index is 12.4. The minimum Gasteiger partial charge on any atom is -0.321 e. The molecule has 0 saturated heterocycles. The van der Waals surface area contributed by atoms with Gasteiger partial charge in [-0.3, -0.25) is 4.79 Å². The van der Waals surface area contributed by atoms with E-state index in [-0.39, 0.29) is 5.91 Å². The second-order valence-corrected chi connectivity index (χ2v) is 7.28. The molecule has 116 valence electrons. The Kier molecular flexibility index (Phi) is 4.32. The van der Waals surface area contributed by atoms with Gasteiger partial charge >= 0.3 is 0 Å². The summed E-state index contributed by atoms with van der Waals surface area (Å²) in [6.45, 7) is 7.90. The van der Waals surface area contributed by atoms with Gasteiger partial charge in [0, 0.05) is 22.5 Å². The van der Waals surface area contributed by atoms with Crippen molar-refractivity contribution in [3.8, 4) is 0 Å². The van der Waals surface area contributed by atoms with Crippen LogP contribution in [0.2, 0.25) is 0 Å². The monoisotopic (exact) mass is 315 g/mol. The van der Waals surface area contributed by atoms with Gasteiger partial charge in [0.2, 0.25) is 0 Å². The SMILES string of the molecule is Cc1cc(C)cc(NC(=O)C[NH+]2CCc3sccc3[C@@H]2C)c1. The molecule has 4 heteroatoms. The molecule has 1 aliphatic heterocycles. The van der Waals surface area contributed by atoms with Crippen LogP contribution in [0.4, 0.5) is 5.69 Å². The van der Waals surface area contributed by atoms with Crippen molar-refractivity contribution in [2.45, 2.75) is 33.2 Å². The second-order valence-electron chi connectivity index (χ2n) is 6.28. The van der Waals surface area contributed by atoms with Crippen LogP contribution in [0.3, 0.4) is 0 Å². The fraction of sp³-hybridized carbons (Fsp3) is 0.389. The average Bonchev–Trinajstić information content (AvgIpc) is 2.90. The van der Waals surface area contributed by atoms with E-state index in [4.69, 9.17) is 0 Å². The molecule has 1 aliphatic rings. The number of hydrogen-bond donors (Lipinski definition) is 2. The van der Waals surface area contributed by atoms with Gasteiger partial charge in [0.25, 0.3) is 5.91 Å². The highest BCUT2D eigenvalue weighted by molar-refractivity contribution is 7.10. The Balaban J connectivity index is 1.65. The van der Waals surface area contributed by atoms with E-state index in [1.807, 2.05) is 23.5 Å². The smallest absolute Gasteiger partial charge is 0.279 e. The molecule has 2 heterocycles. The van der Waals surface area contributed by atoms with Crippen LogP contribution in [0.25, 0.3) is 0 Å². The van der Waals surface area contributed by atoms with E-state index in [0.717, 1.165) is 18.7 Å². The minimum absolute atomic E-state index is 0.102. The number of aryl methyl sites for hydroxylation is 2. The molecule has 2 atom stereocenters. The van der Waals surface area contributed by atoms with E-state index in [0.29, 0.717) is 12.6 Å². The first-order valence-corrected chi connectivity index (χ1v) is 8.70. The lowest BCUT2D eigenvalue weighted by molar-refractivity contribution is -0.923. The topological polar surface area (TPSA) is 33.5 Å². The number of thiophene rings is 1. The molecule has 3 nitrogen and oxygen atoms in total. The van der Waals surface area contributed by atoms with E-state index >= 15 is 0 Å². The zero-order valence-corrected chi connectivity index (χ0v) is 14.2. The first-order chi connectivity index (χ1) is 10.5. The lowest BCUT2D eigenvalue weighted by Crippen LogP contribution is -3.14. The zero-order chi connectivity index (χ0) is 15.7. The number of fused-ring (bicyclic) bond motifs is 1. The van der Waals surface area contributed by atoms with Crippen LogP contribution in [0, 0.1) is 13.8 Å². The Morgan fingerprint density at radius 1 is 1.32 bits per heavy atom. The fourth-order valence-corrected chi connectivity index (χ4v) is 4.33. The molecule has 0 saturated carbocycles. The van der Waals surface area contributed by atoms with E-state index in [2.05, 4.69) is 43.6 Å². The van der Waals surface area contributed by atoms with Gasteiger partial charge in [-0.25, -0.2) is 0 Å². The number of rotatable bonds is 3. The predicted octanol–water partition coefficient (Wildman–Crippen LogP) is 2.51. The highest BCUT2D eigenvalue weighted by Gasteiger charge is 2.29. The van der Waals surface area contributed by atoms with E-state index < -0.39 is 0 Å². The van der Waals surface area contributed by atoms with Gasteiger partial charge in [-0.05, 0) is 55.5 Å². The Bertz CT molecular complexity index is 672. The summed E-state index contributed by atoms with van der Waals surface area (Å²) >= 11 is 1.84. The van der Waals surface area contributed by atoms with Gasteiger partial charge < -0.3 is 10.2 Å². The predicted molar refractivity (Wildman–Crippen MR) is 91.7 cm³/mol. The van der Waals surface area contributed by atoms with Crippen molar-refractivity contribution < 1.29 is 9.69 Å². The Labute approximate surface area is 136 Å². The quantitative estimate of drug-likeness (QED) is 0.896. The Morgan fingerprint density at radius 2 is 2.05 bits per heavy atom. The second kappa shape index (κ2) is 6.23. The van der Waals surface area contributed by atoms with Crippen molar-refractivity contribution in [2.24, 2.45) is 0 Å². The first kappa shape index (κ1) is 15.3. The van der Waals surface area contributed by atoms with Gasteiger partial charge in [-0.15, -0.1) is 11.3 Å². The molecule has 2 aromatic rings. The normalized spacial score (nSPS) is 20.5. The summed E-state index contributed by atoms with van der Waals surface area (Å²) in [5.41, 5.74) is 4.68. The van der Waals surface area contributed by atoms with Crippen LogP contribution in [0.15, 0.2) is 29.6 Å². The van der Waals surface area contributed by atoms with Crippen molar-refractivity contribution in [2.75, 3.05) is 18.4 Å². The number of carbonyl (C=O) groups excluding carboxylic acids is 1. The Hall–Kier alpha value is -1.65. The third-order valence-electron chi connectivity index (χ3n) is 4.42. The van der Waals surface area contributed by atoms with Crippen LogP contribution >= 0.6 is 11.3 Å². The van der Waals surface area contributed by atoms with Crippen LogP contribution in [0.1, 0.15) is 34.5 Å². The van der Waals surface area contributed by atoms with Gasteiger partial charge in [-0.2, -0.15) is 0 Å². The summed E-state index contributed by atoms with van der Waals surface area (Å²) in [7, 11) is 0. The molecule has 0 radical (unpaired) electrons. The van der Waals surface area contributed by atoms with Gasteiger partial charge in [0.1, 0.15) is 6.04 Å². The molecule has 3 rings (SSSR count). The third kappa shape index (κ3) is 3.23. The molecule has 2 N–H and O–H groups in total. The lowest BCUT2D eigenvalue weighted by Gasteiger charge is -2.29. The number of benzene rings is 1.